The van der Waals surface area contributed by atoms with Crippen LogP contribution in [-0.4, -0.2) is 18.5 Å². The number of carbonyl (C=O) groups is 1. The molecule has 0 bridgehead atoms. The summed E-state index contributed by atoms with van der Waals surface area (Å²) in [5.41, 5.74) is 1.15. The van der Waals surface area contributed by atoms with E-state index in [0.717, 1.165) is 17.3 Å². The molecule has 1 aliphatic carbocycles. The topological polar surface area (TPSA) is 26.3 Å². The van der Waals surface area contributed by atoms with Crippen LogP contribution in [0.1, 0.15) is 49.9 Å². The largest absolute Gasteiger partial charge is 0.370 e. The highest BCUT2D eigenvalue weighted by Gasteiger charge is 2.27. The van der Waals surface area contributed by atoms with Gasteiger partial charge in [0.2, 0.25) is 0 Å². The van der Waals surface area contributed by atoms with E-state index in [9.17, 15) is 4.79 Å². The van der Waals surface area contributed by atoms with E-state index in [1.54, 1.807) is 0 Å². The van der Waals surface area contributed by atoms with E-state index < -0.39 is 0 Å². The molecule has 0 unspecified atom stereocenters. The second-order valence-corrected chi connectivity index (χ2v) is 7.02. The molecule has 1 aromatic rings. The molecule has 0 N–H and O–H groups in total. The summed E-state index contributed by atoms with van der Waals surface area (Å²) in [7, 11) is 0. The Morgan fingerprint density at radius 2 is 2.05 bits per heavy atom. The van der Waals surface area contributed by atoms with Gasteiger partial charge in [-0.1, -0.05) is 41.9 Å². The molecule has 0 aromatic heterocycles. The van der Waals surface area contributed by atoms with Gasteiger partial charge >= 0.3 is 0 Å². The lowest BCUT2D eigenvalue weighted by Gasteiger charge is -2.34. The van der Waals surface area contributed by atoms with Crippen LogP contribution in [0.3, 0.4) is 0 Å². The maximum atomic E-state index is 12.0. The van der Waals surface area contributed by atoms with E-state index in [1.807, 2.05) is 24.3 Å². The molecule has 0 spiro atoms. The molecule has 0 aliphatic heterocycles. The third-order valence-electron chi connectivity index (χ3n) is 3.88. The molecule has 0 saturated heterocycles. The van der Waals surface area contributed by atoms with Gasteiger partial charge in [-0.25, -0.2) is 0 Å². The zero-order valence-electron chi connectivity index (χ0n) is 11.6. The number of ketones is 1. The van der Waals surface area contributed by atoms with Crippen molar-refractivity contribution in [3.05, 3.63) is 34.3 Å². The van der Waals surface area contributed by atoms with Gasteiger partial charge in [-0.15, -0.1) is 0 Å². The van der Waals surface area contributed by atoms with Crippen LogP contribution in [0.2, 0.25) is 0 Å². The van der Waals surface area contributed by atoms with Gasteiger partial charge in [-0.2, -0.15) is 0 Å². The van der Waals surface area contributed by atoms with Crippen molar-refractivity contribution in [2.75, 3.05) is 6.61 Å². The van der Waals surface area contributed by atoms with Gasteiger partial charge in [0, 0.05) is 10.0 Å². The summed E-state index contributed by atoms with van der Waals surface area (Å²) in [4.78, 5) is 12.0. The Balaban J connectivity index is 1.81. The van der Waals surface area contributed by atoms with Crippen molar-refractivity contribution in [3.8, 4) is 0 Å². The molecular formula is C16H21BrO2. The summed E-state index contributed by atoms with van der Waals surface area (Å²) in [6.45, 7) is 4.80. The molecule has 19 heavy (non-hydrogen) atoms. The third kappa shape index (κ3) is 4.43. The van der Waals surface area contributed by atoms with Crippen LogP contribution in [0.5, 0.6) is 0 Å². The van der Waals surface area contributed by atoms with Gasteiger partial charge in [0.1, 0.15) is 6.61 Å². The summed E-state index contributed by atoms with van der Waals surface area (Å²) in [6.07, 6.45) is 4.76. The normalized spacial score (nSPS) is 19.3. The van der Waals surface area contributed by atoms with Crippen molar-refractivity contribution < 1.29 is 9.53 Å². The minimum Gasteiger partial charge on any atom is -0.370 e. The maximum absolute atomic E-state index is 12.0. The van der Waals surface area contributed by atoms with Crippen LogP contribution in [0.4, 0.5) is 0 Å². The molecule has 0 atom stereocenters. The first-order valence-corrected chi connectivity index (χ1v) is 7.66. The van der Waals surface area contributed by atoms with Gasteiger partial charge in [0.05, 0.1) is 6.10 Å². The van der Waals surface area contributed by atoms with Gasteiger partial charge < -0.3 is 4.74 Å². The molecule has 2 nitrogen and oxygen atoms in total. The van der Waals surface area contributed by atoms with Crippen LogP contribution in [0, 0.1) is 5.41 Å². The maximum Gasteiger partial charge on any atom is 0.188 e. The summed E-state index contributed by atoms with van der Waals surface area (Å²) in [6, 6.07) is 7.47. The molecule has 2 rings (SSSR count). The molecule has 1 saturated carbocycles. The molecule has 104 valence electrons. The van der Waals surface area contributed by atoms with E-state index in [-0.39, 0.29) is 18.5 Å². The van der Waals surface area contributed by atoms with Crippen LogP contribution in [0.25, 0.3) is 0 Å². The van der Waals surface area contributed by atoms with Crippen molar-refractivity contribution in [2.45, 2.75) is 45.6 Å². The van der Waals surface area contributed by atoms with Gasteiger partial charge in [0.25, 0.3) is 0 Å². The van der Waals surface area contributed by atoms with Crippen LogP contribution in [0.15, 0.2) is 28.7 Å². The SMILES string of the molecule is CC1(C)CCC(OCC(=O)c2cccc(Br)c2)CC1. The smallest absolute Gasteiger partial charge is 0.188 e. The molecule has 1 aliphatic rings. The molecular weight excluding hydrogens is 304 g/mol. The zero-order valence-corrected chi connectivity index (χ0v) is 13.2. The standard InChI is InChI=1S/C16H21BrO2/c1-16(2)8-6-14(7-9-16)19-11-15(18)12-4-3-5-13(17)10-12/h3-5,10,14H,6-9,11H2,1-2H3. The number of hydrogen-bond donors (Lipinski definition) is 0. The van der Waals surface area contributed by atoms with Gasteiger partial charge in [-0.05, 0) is 43.2 Å². The van der Waals surface area contributed by atoms with E-state index in [1.165, 1.54) is 12.8 Å². The minimum absolute atomic E-state index is 0.0612. The number of carbonyl (C=O) groups excluding carboxylic acids is 1. The van der Waals surface area contributed by atoms with E-state index >= 15 is 0 Å². The quantitative estimate of drug-likeness (QED) is 0.755. The monoisotopic (exact) mass is 324 g/mol. The van der Waals surface area contributed by atoms with E-state index in [0.29, 0.717) is 11.0 Å². The van der Waals surface area contributed by atoms with Crippen molar-refractivity contribution in [1.82, 2.24) is 0 Å². The Bertz CT molecular complexity index is 444. The number of halogens is 1. The van der Waals surface area contributed by atoms with Crippen molar-refractivity contribution in [2.24, 2.45) is 5.41 Å². The highest BCUT2D eigenvalue weighted by atomic mass is 79.9. The molecule has 3 heteroatoms. The van der Waals surface area contributed by atoms with Crippen LogP contribution in [-0.2, 0) is 4.74 Å². The lowest BCUT2D eigenvalue weighted by Crippen LogP contribution is -2.28. The predicted molar refractivity (Wildman–Crippen MR) is 80.5 cm³/mol. The molecule has 1 aromatic carbocycles. The number of hydrogen-bond acceptors (Lipinski definition) is 2. The lowest BCUT2D eigenvalue weighted by atomic mass is 9.76. The summed E-state index contributed by atoms with van der Waals surface area (Å²) in [5.74, 6) is 0.0612. The highest BCUT2D eigenvalue weighted by Crippen LogP contribution is 2.36. The Labute approximate surface area is 123 Å². The first-order valence-electron chi connectivity index (χ1n) is 6.87. The van der Waals surface area contributed by atoms with E-state index in [2.05, 4.69) is 29.8 Å². The molecule has 0 radical (unpaired) electrons. The fourth-order valence-electron chi connectivity index (χ4n) is 2.48. The Hall–Kier alpha value is -0.670. The molecule has 1 fully saturated rings. The minimum atomic E-state index is 0.0612. The Morgan fingerprint density at radius 3 is 2.68 bits per heavy atom. The summed E-state index contributed by atoms with van der Waals surface area (Å²) >= 11 is 3.38. The summed E-state index contributed by atoms with van der Waals surface area (Å²) < 4.78 is 6.70. The fraction of sp³-hybridized carbons (Fsp3) is 0.562. The van der Waals surface area contributed by atoms with Crippen molar-refractivity contribution in [3.63, 3.8) is 0 Å². The summed E-state index contributed by atoms with van der Waals surface area (Å²) in [5, 5.41) is 0. The van der Waals surface area contributed by atoms with Crippen molar-refractivity contribution in [1.29, 1.82) is 0 Å². The molecule has 0 amide bonds. The lowest BCUT2D eigenvalue weighted by molar-refractivity contribution is 0.00862. The number of rotatable bonds is 4. The first-order chi connectivity index (χ1) is 8.96. The number of Topliss-reactive ketones (excluding diaryl/α,β-unsaturated/α-hetero) is 1. The second-order valence-electron chi connectivity index (χ2n) is 6.11. The first kappa shape index (κ1) is 14.7. The van der Waals surface area contributed by atoms with Crippen LogP contribution >= 0.6 is 15.9 Å². The Kier molecular flexibility index (Phi) is 4.80. The number of benzene rings is 1. The predicted octanol–water partition coefficient (Wildman–Crippen LogP) is 4.62. The van der Waals surface area contributed by atoms with Crippen molar-refractivity contribution >= 4 is 21.7 Å². The average molecular weight is 325 g/mol. The van der Waals surface area contributed by atoms with Crippen LogP contribution < -0.4 is 0 Å². The third-order valence-corrected chi connectivity index (χ3v) is 4.38. The zero-order chi connectivity index (χ0) is 13.9. The van der Waals surface area contributed by atoms with Gasteiger partial charge in [-0.3, -0.25) is 4.79 Å². The number of ether oxygens (including phenoxy) is 1. The van der Waals surface area contributed by atoms with E-state index in [4.69, 9.17) is 4.74 Å². The van der Waals surface area contributed by atoms with Gasteiger partial charge in [0.15, 0.2) is 5.78 Å². The average Bonchev–Trinajstić information content (AvgIpc) is 2.37. The highest BCUT2D eigenvalue weighted by molar-refractivity contribution is 9.10. The Morgan fingerprint density at radius 1 is 1.37 bits per heavy atom. The second kappa shape index (κ2) is 6.19. The fourth-order valence-corrected chi connectivity index (χ4v) is 2.88. The molecule has 0 heterocycles.